The van der Waals surface area contributed by atoms with Gasteiger partial charge in [0.05, 0.1) is 5.56 Å². The number of nitrogens with zero attached hydrogens (tertiary/aromatic N) is 1. The van der Waals surface area contributed by atoms with Gasteiger partial charge < -0.3 is 10.2 Å². The summed E-state index contributed by atoms with van der Waals surface area (Å²) in [4.78, 5) is 14.4. The predicted octanol–water partition coefficient (Wildman–Crippen LogP) is 2.35. The van der Waals surface area contributed by atoms with Gasteiger partial charge in [-0.3, -0.25) is 4.79 Å². The van der Waals surface area contributed by atoms with Crippen LogP contribution in [0.25, 0.3) is 0 Å². The molecule has 1 aliphatic heterocycles. The first-order chi connectivity index (χ1) is 9.10. The summed E-state index contributed by atoms with van der Waals surface area (Å²) in [6, 6.07) is 4.79. The van der Waals surface area contributed by atoms with Crippen LogP contribution in [0.2, 0.25) is 0 Å². The normalized spacial score (nSPS) is 17.4. The number of carbonyl (C=O) groups excluding carboxylic acids is 1. The SMILES string of the molecule is CCN1CCC(NC(=O)c2cc(C)ccc2F)CC1. The Morgan fingerprint density at radius 3 is 2.74 bits per heavy atom. The molecule has 1 saturated heterocycles. The van der Waals surface area contributed by atoms with Crippen molar-refractivity contribution in [1.29, 1.82) is 0 Å². The van der Waals surface area contributed by atoms with Gasteiger partial charge in [-0.1, -0.05) is 18.6 Å². The minimum atomic E-state index is -0.450. The molecule has 104 valence electrons. The lowest BCUT2D eigenvalue weighted by molar-refractivity contribution is 0.0908. The van der Waals surface area contributed by atoms with E-state index >= 15 is 0 Å². The Balaban J connectivity index is 1.96. The standard InChI is InChI=1S/C15H21FN2O/c1-3-18-8-6-12(7-9-18)17-15(19)13-10-11(2)4-5-14(13)16/h4-5,10,12H,3,6-9H2,1-2H3,(H,17,19). The summed E-state index contributed by atoms with van der Waals surface area (Å²) in [6.45, 7) is 7.04. The Bertz CT molecular complexity index is 453. The van der Waals surface area contributed by atoms with Crippen LogP contribution < -0.4 is 5.32 Å². The lowest BCUT2D eigenvalue weighted by atomic mass is 10.0. The molecule has 0 aromatic heterocycles. The van der Waals surface area contributed by atoms with Crippen molar-refractivity contribution in [3.05, 3.63) is 35.1 Å². The molecule has 1 N–H and O–H groups in total. The Morgan fingerprint density at radius 1 is 1.42 bits per heavy atom. The number of carbonyl (C=O) groups is 1. The van der Waals surface area contributed by atoms with Crippen molar-refractivity contribution in [2.75, 3.05) is 19.6 Å². The van der Waals surface area contributed by atoms with E-state index in [2.05, 4.69) is 17.1 Å². The average molecular weight is 264 g/mol. The molecule has 1 heterocycles. The number of hydrogen-bond acceptors (Lipinski definition) is 2. The molecular weight excluding hydrogens is 243 g/mol. The summed E-state index contributed by atoms with van der Waals surface area (Å²) in [7, 11) is 0. The van der Waals surface area contributed by atoms with Gasteiger partial charge in [0.2, 0.25) is 0 Å². The summed E-state index contributed by atoms with van der Waals surface area (Å²) < 4.78 is 13.6. The largest absolute Gasteiger partial charge is 0.349 e. The van der Waals surface area contributed by atoms with E-state index in [4.69, 9.17) is 0 Å². The smallest absolute Gasteiger partial charge is 0.254 e. The van der Waals surface area contributed by atoms with E-state index in [0.29, 0.717) is 0 Å². The second-order valence-electron chi connectivity index (χ2n) is 5.17. The second kappa shape index (κ2) is 6.15. The van der Waals surface area contributed by atoms with Gasteiger partial charge in [-0.25, -0.2) is 4.39 Å². The minimum absolute atomic E-state index is 0.151. The first kappa shape index (κ1) is 14.0. The van der Waals surface area contributed by atoms with Crippen molar-refractivity contribution in [2.45, 2.75) is 32.7 Å². The minimum Gasteiger partial charge on any atom is -0.349 e. The molecule has 1 aromatic rings. The lowest BCUT2D eigenvalue weighted by Crippen LogP contribution is -2.44. The average Bonchev–Trinajstić information content (AvgIpc) is 2.42. The molecule has 19 heavy (non-hydrogen) atoms. The maximum absolute atomic E-state index is 13.6. The van der Waals surface area contributed by atoms with Crippen LogP contribution in [0.1, 0.15) is 35.7 Å². The molecule has 0 atom stereocenters. The van der Waals surface area contributed by atoms with E-state index in [0.717, 1.165) is 38.0 Å². The first-order valence-corrected chi connectivity index (χ1v) is 6.89. The third-order valence-electron chi connectivity index (χ3n) is 3.74. The third kappa shape index (κ3) is 3.53. The summed E-state index contributed by atoms with van der Waals surface area (Å²) in [5.41, 5.74) is 1.05. The van der Waals surface area contributed by atoms with E-state index in [1.165, 1.54) is 6.07 Å². The van der Waals surface area contributed by atoms with Gasteiger partial charge in [0.25, 0.3) is 5.91 Å². The van der Waals surface area contributed by atoms with Crippen LogP contribution in [-0.2, 0) is 0 Å². The predicted molar refractivity (Wildman–Crippen MR) is 73.7 cm³/mol. The number of piperidine rings is 1. The van der Waals surface area contributed by atoms with Gasteiger partial charge in [0, 0.05) is 19.1 Å². The fourth-order valence-electron chi connectivity index (χ4n) is 2.47. The van der Waals surface area contributed by atoms with Crippen molar-refractivity contribution in [3.63, 3.8) is 0 Å². The van der Waals surface area contributed by atoms with Gasteiger partial charge in [-0.05, 0) is 38.4 Å². The molecular formula is C15H21FN2O. The molecule has 0 radical (unpaired) electrons. The van der Waals surface area contributed by atoms with Crippen LogP contribution in [0.3, 0.4) is 0 Å². The highest BCUT2D eigenvalue weighted by molar-refractivity contribution is 5.94. The monoisotopic (exact) mass is 264 g/mol. The zero-order valence-electron chi connectivity index (χ0n) is 11.6. The fourth-order valence-corrected chi connectivity index (χ4v) is 2.47. The molecule has 1 aliphatic rings. The third-order valence-corrected chi connectivity index (χ3v) is 3.74. The van der Waals surface area contributed by atoms with Crippen molar-refractivity contribution >= 4 is 5.91 Å². The molecule has 0 aliphatic carbocycles. The number of amides is 1. The molecule has 0 saturated carbocycles. The molecule has 0 spiro atoms. The van der Waals surface area contributed by atoms with Crippen molar-refractivity contribution in [2.24, 2.45) is 0 Å². The van der Waals surface area contributed by atoms with E-state index in [-0.39, 0.29) is 17.5 Å². The topological polar surface area (TPSA) is 32.3 Å². The van der Waals surface area contributed by atoms with Crippen LogP contribution in [-0.4, -0.2) is 36.5 Å². The van der Waals surface area contributed by atoms with Crippen molar-refractivity contribution in [1.82, 2.24) is 10.2 Å². The zero-order chi connectivity index (χ0) is 13.8. The van der Waals surface area contributed by atoms with Gasteiger partial charge >= 0.3 is 0 Å². The van der Waals surface area contributed by atoms with E-state index in [1.54, 1.807) is 12.1 Å². The highest BCUT2D eigenvalue weighted by atomic mass is 19.1. The summed E-state index contributed by atoms with van der Waals surface area (Å²) >= 11 is 0. The maximum Gasteiger partial charge on any atom is 0.254 e. The maximum atomic E-state index is 13.6. The van der Waals surface area contributed by atoms with E-state index in [9.17, 15) is 9.18 Å². The first-order valence-electron chi connectivity index (χ1n) is 6.89. The molecule has 1 amide bonds. The number of aryl methyl sites for hydroxylation is 1. The highest BCUT2D eigenvalue weighted by Crippen LogP contribution is 2.13. The number of halogens is 1. The number of rotatable bonds is 3. The Labute approximate surface area is 113 Å². The molecule has 0 bridgehead atoms. The van der Waals surface area contributed by atoms with E-state index < -0.39 is 5.82 Å². The molecule has 0 unspecified atom stereocenters. The van der Waals surface area contributed by atoms with Crippen LogP contribution in [0.15, 0.2) is 18.2 Å². The molecule has 3 nitrogen and oxygen atoms in total. The van der Waals surface area contributed by atoms with Gasteiger partial charge in [0.1, 0.15) is 5.82 Å². The number of hydrogen-bond donors (Lipinski definition) is 1. The van der Waals surface area contributed by atoms with E-state index in [1.807, 2.05) is 6.92 Å². The summed E-state index contributed by atoms with van der Waals surface area (Å²) in [5.74, 6) is -0.745. The van der Waals surface area contributed by atoms with Gasteiger partial charge in [-0.2, -0.15) is 0 Å². The molecule has 1 aromatic carbocycles. The molecule has 1 fully saturated rings. The fraction of sp³-hybridized carbons (Fsp3) is 0.533. The highest BCUT2D eigenvalue weighted by Gasteiger charge is 2.21. The summed E-state index contributed by atoms with van der Waals surface area (Å²) in [6.07, 6.45) is 1.88. The number of nitrogens with one attached hydrogen (secondary N) is 1. The summed E-state index contributed by atoms with van der Waals surface area (Å²) in [5, 5.41) is 2.94. The van der Waals surface area contributed by atoms with Crippen molar-refractivity contribution in [3.8, 4) is 0 Å². The van der Waals surface area contributed by atoms with Gasteiger partial charge in [-0.15, -0.1) is 0 Å². The lowest BCUT2D eigenvalue weighted by Gasteiger charge is -2.31. The Morgan fingerprint density at radius 2 is 2.11 bits per heavy atom. The Hall–Kier alpha value is -1.42. The van der Waals surface area contributed by atoms with Gasteiger partial charge in [0.15, 0.2) is 0 Å². The number of likely N-dealkylation sites (tertiary alicyclic amines) is 1. The molecule has 4 heteroatoms. The van der Waals surface area contributed by atoms with Crippen molar-refractivity contribution < 1.29 is 9.18 Å². The van der Waals surface area contributed by atoms with Crippen LogP contribution >= 0.6 is 0 Å². The quantitative estimate of drug-likeness (QED) is 0.909. The zero-order valence-corrected chi connectivity index (χ0v) is 11.6. The Kier molecular flexibility index (Phi) is 4.53. The van der Waals surface area contributed by atoms with Crippen LogP contribution in [0.5, 0.6) is 0 Å². The van der Waals surface area contributed by atoms with Crippen LogP contribution in [0.4, 0.5) is 4.39 Å². The number of benzene rings is 1. The second-order valence-corrected chi connectivity index (χ2v) is 5.17. The van der Waals surface area contributed by atoms with Crippen LogP contribution in [0, 0.1) is 12.7 Å². The molecule has 2 rings (SSSR count).